The molecule has 0 fully saturated rings. The molecule has 2 rings (SSSR count). The van der Waals surface area contributed by atoms with E-state index in [1.165, 1.54) is 10.1 Å². The maximum absolute atomic E-state index is 12.1. The van der Waals surface area contributed by atoms with Crippen LogP contribution in [0.1, 0.15) is 12.0 Å². The van der Waals surface area contributed by atoms with Crippen LogP contribution in [0.15, 0.2) is 47.4 Å². The Bertz CT molecular complexity index is 699. The van der Waals surface area contributed by atoms with Gasteiger partial charge in [-0.05, 0) is 31.2 Å². The zero-order valence-electron chi connectivity index (χ0n) is 12.5. The van der Waals surface area contributed by atoms with Crippen molar-refractivity contribution >= 4 is 0 Å². The van der Waals surface area contributed by atoms with Gasteiger partial charge in [0.25, 0.3) is 5.56 Å². The topological polar surface area (TPSA) is 64.2 Å². The molecule has 0 saturated carbocycles. The van der Waals surface area contributed by atoms with E-state index in [0.29, 0.717) is 19.6 Å². The standard InChI is InChI=1S/C17H18N2O3/c1-14-5-7-15(8-6-14)21-12-13-22-16-4-2-10-19(17(16)20)11-3-9-18/h2,4-8,10H,3,11-13H2,1H3. The summed E-state index contributed by atoms with van der Waals surface area (Å²) >= 11 is 0. The Hall–Kier alpha value is -2.74. The fourth-order valence-electron chi connectivity index (χ4n) is 1.92. The number of benzene rings is 1. The lowest BCUT2D eigenvalue weighted by Crippen LogP contribution is -2.22. The molecule has 0 N–H and O–H groups in total. The Morgan fingerprint density at radius 2 is 1.86 bits per heavy atom. The smallest absolute Gasteiger partial charge is 0.292 e. The van der Waals surface area contributed by atoms with Crippen LogP contribution in [0.2, 0.25) is 0 Å². The minimum absolute atomic E-state index is 0.229. The van der Waals surface area contributed by atoms with E-state index >= 15 is 0 Å². The second-order valence-electron chi connectivity index (χ2n) is 4.79. The molecule has 0 atom stereocenters. The number of pyridine rings is 1. The summed E-state index contributed by atoms with van der Waals surface area (Å²) in [5.41, 5.74) is 0.943. The summed E-state index contributed by atoms with van der Waals surface area (Å²) in [6, 6.07) is 13.1. The van der Waals surface area contributed by atoms with Crippen molar-refractivity contribution < 1.29 is 9.47 Å². The van der Waals surface area contributed by atoms with E-state index in [2.05, 4.69) is 0 Å². The van der Waals surface area contributed by atoms with E-state index in [4.69, 9.17) is 14.7 Å². The minimum Gasteiger partial charge on any atom is -0.490 e. The maximum Gasteiger partial charge on any atom is 0.292 e. The van der Waals surface area contributed by atoms with Gasteiger partial charge in [-0.1, -0.05) is 17.7 Å². The van der Waals surface area contributed by atoms with Crippen molar-refractivity contribution in [2.45, 2.75) is 19.9 Å². The van der Waals surface area contributed by atoms with Gasteiger partial charge < -0.3 is 14.0 Å². The number of nitrogens with zero attached hydrogens (tertiary/aromatic N) is 2. The lowest BCUT2D eigenvalue weighted by atomic mass is 10.2. The van der Waals surface area contributed by atoms with Gasteiger partial charge in [0.05, 0.1) is 12.5 Å². The van der Waals surface area contributed by atoms with Crippen LogP contribution in [-0.2, 0) is 6.54 Å². The first kappa shape index (κ1) is 15.6. The molecular formula is C17H18N2O3. The van der Waals surface area contributed by atoms with Gasteiger partial charge in [0.15, 0.2) is 5.75 Å². The van der Waals surface area contributed by atoms with Crippen LogP contribution in [0, 0.1) is 18.3 Å². The Morgan fingerprint density at radius 3 is 2.59 bits per heavy atom. The van der Waals surface area contributed by atoms with Crippen LogP contribution in [0.5, 0.6) is 11.5 Å². The van der Waals surface area contributed by atoms with E-state index in [1.807, 2.05) is 37.3 Å². The lowest BCUT2D eigenvalue weighted by Gasteiger charge is -2.09. The summed E-state index contributed by atoms with van der Waals surface area (Å²) in [5, 5.41) is 8.57. The molecule has 22 heavy (non-hydrogen) atoms. The molecule has 0 radical (unpaired) electrons. The first-order valence-corrected chi connectivity index (χ1v) is 7.09. The molecule has 1 aromatic heterocycles. The van der Waals surface area contributed by atoms with E-state index in [0.717, 1.165) is 5.75 Å². The number of ether oxygens (including phenoxy) is 2. The molecule has 2 aromatic rings. The Labute approximate surface area is 129 Å². The molecule has 5 heteroatoms. The third-order valence-electron chi connectivity index (χ3n) is 3.08. The first-order chi connectivity index (χ1) is 10.7. The van der Waals surface area contributed by atoms with Crippen LogP contribution in [0.4, 0.5) is 0 Å². The van der Waals surface area contributed by atoms with Crippen LogP contribution in [0.25, 0.3) is 0 Å². The molecule has 0 unspecified atom stereocenters. The number of nitriles is 1. The lowest BCUT2D eigenvalue weighted by molar-refractivity contribution is 0.214. The molecule has 0 spiro atoms. The van der Waals surface area contributed by atoms with Crippen molar-refractivity contribution in [1.82, 2.24) is 4.57 Å². The molecule has 0 bridgehead atoms. The Kier molecular flexibility index (Phi) is 5.61. The number of aromatic nitrogens is 1. The summed E-state index contributed by atoms with van der Waals surface area (Å²) in [7, 11) is 0. The van der Waals surface area contributed by atoms with E-state index < -0.39 is 0 Å². The zero-order valence-corrected chi connectivity index (χ0v) is 12.5. The largest absolute Gasteiger partial charge is 0.490 e. The molecule has 5 nitrogen and oxygen atoms in total. The monoisotopic (exact) mass is 298 g/mol. The number of hydrogen-bond donors (Lipinski definition) is 0. The molecule has 0 aliphatic rings. The van der Waals surface area contributed by atoms with E-state index in [-0.39, 0.29) is 17.9 Å². The van der Waals surface area contributed by atoms with Gasteiger partial charge in [-0.2, -0.15) is 5.26 Å². The van der Waals surface area contributed by atoms with Gasteiger partial charge in [-0.3, -0.25) is 4.79 Å². The van der Waals surface area contributed by atoms with Gasteiger partial charge in [0.1, 0.15) is 19.0 Å². The van der Waals surface area contributed by atoms with Crippen molar-refractivity contribution in [2.24, 2.45) is 0 Å². The molecule has 0 aliphatic carbocycles. The van der Waals surface area contributed by atoms with Crippen molar-refractivity contribution in [1.29, 1.82) is 5.26 Å². The van der Waals surface area contributed by atoms with Crippen molar-refractivity contribution in [2.75, 3.05) is 13.2 Å². The highest BCUT2D eigenvalue weighted by molar-refractivity contribution is 5.26. The van der Waals surface area contributed by atoms with Gasteiger partial charge in [-0.25, -0.2) is 0 Å². The zero-order chi connectivity index (χ0) is 15.8. The van der Waals surface area contributed by atoms with Crippen LogP contribution in [0.3, 0.4) is 0 Å². The predicted octanol–water partition coefficient (Wildman–Crippen LogP) is 2.53. The molecule has 1 aromatic carbocycles. The van der Waals surface area contributed by atoms with Gasteiger partial charge >= 0.3 is 0 Å². The molecular weight excluding hydrogens is 280 g/mol. The van der Waals surface area contributed by atoms with E-state index in [1.54, 1.807) is 18.3 Å². The molecule has 114 valence electrons. The van der Waals surface area contributed by atoms with Crippen molar-refractivity contribution in [3.8, 4) is 17.6 Å². The second-order valence-corrected chi connectivity index (χ2v) is 4.79. The normalized spacial score (nSPS) is 10.0. The summed E-state index contributed by atoms with van der Waals surface area (Å²) in [6.07, 6.45) is 1.94. The summed E-state index contributed by atoms with van der Waals surface area (Å²) < 4.78 is 12.5. The minimum atomic E-state index is -0.229. The molecule has 1 heterocycles. The van der Waals surface area contributed by atoms with Crippen LogP contribution < -0.4 is 15.0 Å². The summed E-state index contributed by atoms with van der Waals surface area (Å²) in [4.78, 5) is 12.1. The average Bonchev–Trinajstić information content (AvgIpc) is 2.53. The SMILES string of the molecule is Cc1ccc(OCCOc2cccn(CCC#N)c2=O)cc1. The van der Waals surface area contributed by atoms with Gasteiger partial charge in [-0.15, -0.1) is 0 Å². The average molecular weight is 298 g/mol. The number of hydrogen-bond acceptors (Lipinski definition) is 4. The quantitative estimate of drug-likeness (QED) is 0.737. The highest BCUT2D eigenvalue weighted by Gasteiger charge is 2.04. The highest BCUT2D eigenvalue weighted by atomic mass is 16.5. The molecule has 0 saturated heterocycles. The highest BCUT2D eigenvalue weighted by Crippen LogP contribution is 2.11. The third kappa shape index (κ3) is 4.38. The number of aryl methyl sites for hydroxylation is 2. The Balaban J connectivity index is 1.85. The fraction of sp³-hybridized carbons (Fsp3) is 0.294. The van der Waals surface area contributed by atoms with Gasteiger partial charge in [0.2, 0.25) is 0 Å². The fourth-order valence-corrected chi connectivity index (χ4v) is 1.92. The molecule has 0 amide bonds. The third-order valence-corrected chi connectivity index (χ3v) is 3.08. The first-order valence-electron chi connectivity index (χ1n) is 7.09. The van der Waals surface area contributed by atoms with Crippen LogP contribution >= 0.6 is 0 Å². The van der Waals surface area contributed by atoms with Crippen molar-refractivity contribution in [3.63, 3.8) is 0 Å². The van der Waals surface area contributed by atoms with E-state index in [9.17, 15) is 4.79 Å². The Morgan fingerprint density at radius 1 is 1.14 bits per heavy atom. The summed E-state index contributed by atoms with van der Waals surface area (Å²) in [5.74, 6) is 1.04. The second kappa shape index (κ2) is 7.89. The number of rotatable bonds is 7. The predicted molar refractivity (Wildman–Crippen MR) is 83.1 cm³/mol. The molecule has 0 aliphatic heterocycles. The maximum atomic E-state index is 12.1. The summed E-state index contributed by atoms with van der Waals surface area (Å²) in [6.45, 7) is 3.02. The van der Waals surface area contributed by atoms with Gasteiger partial charge in [0, 0.05) is 12.7 Å². The van der Waals surface area contributed by atoms with Crippen LogP contribution in [-0.4, -0.2) is 17.8 Å². The van der Waals surface area contributed by atoms with Crippen molar-refractivity contribution in [3.05, 3.63) is 58.5 Å².